The first-order valence-electron chi connectivity index (χ1n) is 8.63. The molecule has 1 N–H and O–H groups in total. The highest BCUT2D eigenvalue weighted by Gasteiger charge is 2.27. The summed E-state index contributed by atoms with van der Waals surface area (Å²) < 4.78 is 5.72. The molecule has 25 heavy (non-hydrogen) atoms. The molecule has 7 heteroatoms. The first-order valence-corrected chi connectivity index (χ1v) is 10.7. The van der Waals surface area contributed by atoms with E-state index in [9.17, 15) is 9.59 Å². The first-order chi connectivity index (χ1) is 12.2. The molecule has 3 rings (SSSR count). The molecule has 2 heterocycles. The lowest BCUT2D eigenvalue weighted by Crippen LogP contribution is -2.45. The van der Waals surface area contributed by atoms with E-state index in [-0.39, 0.29) is 6.10 Å². The highest BCUT2D eigenvalue weighted by atomic mass is 32.2. The van der Waals surface area contributed by atoms with Gasteiger partial charge < -0.3 is 15.0 Å². The lowest BCUT2D eigenvalue weighted by atomic mass is 10.1. The van der Waals surface area contributed by atoms with Crippen LogP contribution in [0, 0.1) is 0 Å². The number of carbonyl (C=O) groups excluding carboxylic acids is 2. The molecule has 0 unspecified atom stereocenters. The van der Waals surface area contributed by atoms with Gasteiger partial charge in [0.25, 0.3) is 0 Å². The third-order valence-corrected chi connectivity index (χ3v) is 7.52. The van der Waals surface area contributed by atoms with E-state index in [2.05, 4.69) is 11.4 Å². The number of likely N-dealkylation sites (tertiary alicyclic amines) is 1. The van der Waals surface area contributed by atoms with E-state index in [4.69, 9.17) is 4.74 Å². The van der Waals surface area contributed by atoms with Crippen LogP contribution in [0.3, 0.4) is 0 Å². The molecule has 0 atom stereocenters. The van der Waals surface area contributed by atoms with Crippen LogP contribution in [-0.4, -0.2) is 54.5 Å². The van der Waals surface area contributed by atoms with Gasteiger partial charge in [0.05, 0.1) is 10.7 Å². The van der Waals surface area contributed by atoms with Crippen LogP contribution < -0.4 is 5.32 Å². The van der Waals surface area contributed by atoms with Gasteiger partial charge in [-0.25, -0.2) is 0 Å². The van der Waals surface area contributed by atoms with Crippen LogP contribution in [0.4, 0.5) is 5.69 Å². The summed E-state index contributed by atoms with van der Waals surface area (Å²) in [7, 11) is 1.69. The number of rotatable bonds is 3. The molecular weight excluding hydrogens is 356 g/mol. The van der Waals surface area contributed by atoms with E-state index in [1.54, 1.807) is 12.0 Å². The number of nitrogens with zero attached hydrogens (tertiary/aromatic N) is 1. The average Bonchev–Trinajstić information content (AvgIpc) is 2.68. The summed E-state index contributed by atoms with van der Waals surface area (Å²) in [5.74, 6) is 1.33. The molecular formula is C18H24N2O3S2. The summed E-state index contributed by atoms with van der Waals surface area (Å²) in [4.78, 5) is 26.3. The van der Waals surface area contributed by atoms with Gasteiger partial charge in [-0.05, 0) is 48.5 Å². The Morgan fingerprint density at radius 2 is 1.92 bits per heavy atom. The molecule has 136 valence electrons. The smallest absolute Gasteiger partial charge is 0.313 e. The molecule has 5 nitrogen and oxygen atoms in total. The molecule has 2 saturated heterocycles. The van der Waals surface area contributed by atoms with Crippen molar-refractivity contribution in [1.82, 2.24) is 4.90 Å². The summed E-state index contributed by atoms with van der Waals surface area (Å²) in [5.41, 5.74) is 1.88. The Bertz CT molecular complexity index is 612. The fraction of sp³-hybridized carbons (Fsp3) is 0.556. The molecule has 0 saturated carbocycles. The van der Waals surface area contributed by atoms with Gasteiger partial charge in [-0.15, -0.1) is 23.5 Å². The largest absolute Gasteiger partial charge is 0.381 e. The Morgan fingerprint density at radius 1 is 1.20 bits per heavy atom. The van der Waals surface area contributed by atoms with Crippen molar-refractivity contribution in [1.29, 1.82) is 0 Å². The molecule has 2 aliphatic heterocycles. The van der Waals surface area contributed by atoms with Gasteiger partial charge >= 0.3 is 11.8 Å². The Labute approximate surface area is 157 Å². The van der Waals surface area contributed by atoms with Gasteiger partial charge in [0.15, 0.2) is 0 Å². The van der Waals surface area contributed by atoms with Crippen molar-refractivity contribution in [3.63, 3.8) is 0 Å². The Morgan fingerprint density at radius 3 is 2.60 bits per heavy atom. The van der Waals surface area contributed by atoms with Crippen LogP contribution in [0.1, 0.15) is 29.4 Å². The van der Waals surface area contributed by atoms with Gasteiger partial charge in [-0.2, -0.15) is 0 Å². The highest BCUT2D eigenvalue weighted by Crippen LogP contribution is 2.44. The van der Waals surface area contributed by atoms with E-state index in [0.29, 0.717) is 23.4 Å². The lowest BCUT2D eigenvalue weighted by molar-refractivity contribution is -0.144. The second-order valence-corrected chi connectivity index (χ2v) is 8.96. The zero-order valence-corrected chi connectivity index (χ0v) is 16.0. The number of hydrogen-bond donors (Lipinski definition) is 1. The predicted octanol–water partition coefficient (Wildman–Crippen LogP) is 3.13. The summed E-state index contributed by atoms with van der Waals surface area (Å²) in [6.45, 7) is 1.14. The average molecular weight is 381 g/mol. The topological polar surface area (TPSA) is 58.6 Å². The number of thioether (sulfide) groups is 2. The number of anilines is 1. The van der Waals surface area contributed by atoms with E-state index in [1.807, 2.05) is 41.7 Å². The maximum Gasteiger partial charge on any atom is 0.313 e. The molecule has 2 fully saturated rings. The number of methoxy groups -OCH3 is 1. The van der Waals surface area contributed by atoms with E-state index in [0.717, 1.165) is 12.8 Å². The fourth-order valence-corrected chi connectivity index (χ4v) is 5.94. The van der Waals surface area contributed by atoms with E-state index < -0.39 is 11.8 Å². The number of piperidine rings is 1. The minimum Gasteiger partial charge on any atom is -0.381 e. The van der Waals surface area contributed by atoms with E-state index in [1.165, 1.54) is 23.5 Å². The zero-order valence-electron chi connectivity index (χ0n) is 14.4. The number of hydrogen-bond acceptors (Lipinski definition) is 5. The minimum atomic E-state index is -0.558. The standard InChI is InChI=1S/C18H24N2O3S2/c1-23-15-6-8-20(9-7-15)17(22)16(21)19-14-5-2-4-13(12-14)18-24-10-3-11-25-18/h2,4-5,12,15,18H,3,6-11H2,1H3,(H,19,21). The SMILES string of the molecule is COC1CCN(C(=O)C(=O)Nc2cccc(C3SCCCS3)c2)CC1. The second-order valence-electron chi connectivity index (χ2n) is 6.23. The molecule has 0 spiro atoms. The van der Waals surface area contributed by atoms with Crippen molar-refractivity contribution >= 4 is 41.0 Å². The lowest BCUT2D eigenvalue weighted by Gasteiger charge is -2.30. The van der Waals surface area contributed by atoms with Gasteiger partial charge in [-0.1, -0.05) is 12.1 Å². The fourth-order valence-electron chi connectivity index (χ4n) is 3.07. The molecule has 0 bridgehead atoms. The normalized spacial score (nSPS) is 19.6. The van der Waals surface area contributed by atoms with E-state index >= 15 is 0 Å². The zero-order chi connectivity index (χ0) is 17.6. The first kappa shape index (κ1) is 18.6. The molecule has 2 aliphatic rings. The van der Waals surface area contributed by atoms with Crippen molar-refractivity contribution in [3.8, 4) is 0 Å². The summed E-state index contributed by atoms with van der Waals surface area (Å²) in [6.07, 6.45) is 2.99. The van der Waals surface area contributed by atoms with Crippen LogP contribution in [0.25, 0.3) is 0 Å². The molecule has 0 aromatic heterocycles. The number of carbonyl (C=O) groups is 2. The second kappa shape index (κ2) is 8.96. The number of benzene rings is 1. The molecule has 0 aliphatic carbocycles. The summed E-state index contributed by atoms with van der Waals surface area (Å²) in [6, 6.07) is 7.85. The number of amides is 2. The summed E-state index contributed by atoms with van der Waals surface area (Å²) >= 11 is 3.88. The quantitative estimate of drug-likeness (QED) is 0.817. The van der Waals surface area contributed by atoms with Crippen LogP contribution in [-0.2, 0) is 14.3 Å². The van der Waals surface area contributed by atoms with Crippen molar-refractivity contribution in [2.45, 2.75) is 29.9 Å². The number of ether oxygens (including phenoxy) is 1. The maximum atomic E-state index is 12.3. The van der Waals surface area contributed by atoms with Crippen molar-refractivity contribution in [2.75, 3.05) is 37.0 Å². The Hall–Kier alpha value is -1.18. The Kier molecular flexibility index (Phi) is 6.67. The third-order valence-electron chi connectivity index (χ3n) is 4.50. The van der Waals surface area contributed by atoms with Gasteiger partial charge in [0, 0.05) is 25.9 Å². The monoisotopic (exact) mass is 380 g/mol. The van der Waals surface area contributed by atoms with Crippen LogP contribution >= 0.6 is 23.5 Å². The third kappa shape index (κ3) is 4.92. The van der Waals surface area contributed by atoms with Crippen molar-refractivity contribution < 1.29 is 14.3 Å². The molecule has 1 aromatic carbocycles. The number of nitrogens with one attached hydrogen (secondary N) is 1. The molecule has 1 aromatic rings. The highest BCUT2D eigenvalue weighted by molar-refractivity contribution is 8.16. The summed E-state index contributed by atoms with van der Waals surface area (Å²) in [5, 5.41) is 2.76. The van der Waals surface area contributed by atoms with Crippen LogP contribution in [0.2, 0.25) is 0 Å². The van der Waals surface area contributed by atoms with Crippen molar-refractivity contribution in [2.24, 2.45) is 0 Å². The Balaban J connectivity index is 1.58. The van der Waals surface area contributed by atoms with Gasteiger partial charge in [-0.3, -0.25) is 9.59 Å². The van der Waals surface area contributed by atoms with Gasteiger partial charge in [0.2, 0.25) is 0 Å². The molecule has 0 radical (unpaired) electrons. The van der Waals surface area contributed by atoms with Crippen LogP contribution in [0.15, 0.2) is 24.3 Å². The minimum absolute atomic E-state index is 0.189. The predicted molar refractivity (Wildman–Crippen MR) is 104 cm³/mol. The maximum absolute atomic E-state index is 12.3. The van der Waals surface area contributed by atoms with Crippen molar-refractivity contribution in [3.05, 3.63) is 29.8 Å². The molecule has 2 amide bonds. The van der Waals surface area contributed by atoms with Crippen LogP contribution in [0.5, 0.6) is 0 Å². The van der Waals surface area contributed by atoms with Gasteiger partial charge in [0.1, 0.15) is 0 Å².